The Bertz CT molecular complexity index is 883. The molecule has 24 heavy (non-hydrogen) atoms. The average molecular weight is 370 g/mol. The topological polar surface area (TPSA) is 63.7 Å². The van der Waals surface area contributed by atoms with E-state index in [1.165, 1.54) is 12.1 Å². The minimum Gasteiger partial charge on any atom is -0.379 e. The van der Waals surface area contributed by atoms with E-state index in [1.54, 1.807) is 17.0 Å². The van der Waals surface area contributed by atoms with Crippen LogP contribution in [0.4, 0.5) is 10.1 Å². The molecule has 8 heteroatoms. The third-order valence-electron chi connectivity index (χ3n) is 3.61. The Morgan fingerprint density at radius 3 is 2.42 bits per heavy atom. The smallest absolute Gasteiger partial charge is 0.339 e. The van der Waals surface area contributed by atoms with Crippen molar-refractivity contribution in [2.75, 3.05) is 11.4 Å². The molecule has 0 unspecified atom stereocenters. The zero-order valence-corrected chi connectivity index (χ0v) is 14.0. The van der Waals surface area contributed by atoms with Crippen LogP contribution in [-0.4, -0.2) is 20.9 Å². The first-order chi connectivity index (χ1) is 11.4. The summed E-state index contributed by atoms with van der Waals surface area (Å²) in [7, 11) is -4.13. The van der Waals surface area contributed by atoms with Gasteiger partial charge in [0.2, 0.25) is 5.91 Å². The molecule has 0 aromatic heterocycles. The van der Waals surface area contributed by atoms with Crippen LogP contribution in [0.1, 0.15) is 12.8 Å². The Morgan fingerprint density at radius 1 is 1.12 bits per heavy atom. The molecule has 0 bridgehead atoms. The van der Waals surface area contributed by atoms with Crippen LogP contribution < -0.4 is 9.08 Å². The van der Waals surface area contributed by atoms with Gasteiger partial charge < -0.3 is 9.08 Å². The van der Waals surface area contributed by atoms with Crippen LogP contribution in [0, 0.1) is 5.82 Å². The first kappa shape index (κ1) is 16.7. The lowest BCUT2D eigenvalue weighted by atomic mass is 10.3. The van der Waals surface area contributed by atoms with Crippen LogP contribution in [0.5, 0.6) is 5.75 Å². The first-order valence-corrected chi connectivity index (χ1v) is 8.95. The fourth-order valence-electron chi connectivity index (χ4n) is 2.41. The molecule has 2 aromatic carbocycles. The molecular weight excluding hydrogens is 357 g/mol. The van der Waals surface area contributed by atoms with Crippen LogP contribution in [-0.2, 0) is 14.9 Å². The van der Waals surface area contributed by atoms with Gasteiger partial charge in [-0.2, -0.15) is 8.42 Å². The molecule has 1 aliphatic rings. The number of hydrogen-bond acceptors (Lipinski definition) is 4. The highest BCUT2D eigenvalue weighted by atomic mass is 35.5. The highest BCUT2D eigenvalue weighted by Gasteiger charge is 2.22. The van der Waals surface area contributed by atoms with E-state index in [0.717, 1.165) is 24.6 Å². The number of benzene rings is 2. The average Bonchev–Trinajstić information content (AvgIpc) is 2.96. The quantitative estimate of drug-likeness (QED) is 0.775. The maximum absolute atomic E-state index is 13.1. The van der Waals surface area contributed by atoms with Gasteiger partial charge in [-0.3, -0.25) is 4.79 Å². The van der Waals surface area contributed by atoms with Gasteiger partial charge in [-0.25, -0.2) is 4.39 Å². The highest BCUT2D eigenvalue weighted by Crippen LogP contribution is 2.26. The van der Waals surface area contributed by atoms with Gasteiger partial charge in [0.25, 0.3) is 0 Å². The summed E-state index contributed by atoms with van der Waals surface area (Å²) >= 11 is 5.60. The number of halogens is 2. The number of amides is 1. The van der Waals surface area contributed by atoms with Gasteiger partial charge in [-0.05, 0) is 48.9 Å². The van der Waals surface area contributed by atoms with Crippen molar-refractivity contribution in [3.63, 3.8) is 0 Å². The predicted octanol–water partition coefficient (Wildman–Crippen LogP) is 3.37. The van der Waals surface area contributed by atoms with E-state index in [2.05, 4.69) is 0 Å². The van der Waals surface area contributed by atoms with Crippen molar-refractivity contribution in [2.24, 2.45) is 0 Å². The van der Waals surface area contributed by atoms with Crippen molar-refractivity contribution >= 4 is 33.3 Å². The number of nitrogens with zero attached hydrogens (tertiary/aromatic N) is 1. The van der Waals surface area contributed by atoms with Crippen molar-refractivity contribution in [3.05, 3.63) is 53.3 Å². The number of anilines is 1. The van der Waals surface area contributed by atoms with Gasteiger partial charge in [0.05, 0.1) is 5.02 Å². The molecule has 0 spiro atoms. The normalized spacial score (nSPS) is 14.9. The monoisotopic (exact) mass is 369 g/mol. The highest BCUT2D eigenvalue weighted by molar-refractivity contribution is 7.87. The standard InChI is InChI=1S/C16H13ClFNO4S/c17-14-10-13(7-8-15(14)18)24(21,22)23-12-5-3-11(4-6-12)19-9-1-2-16(19)20/h3-8,10H,1-2,9H2. The lowest BCUT2D eigenvalue weighted by Crippen LogP contribution is -2.23. The molecule has 0 saturated carbocycles. The van der Waals surface area contributed by atoms with E-state index in [4.69, 9.17) is 15.8 Å². The Hall–Kier alpha value is -2.12. The van der Waals surface area contributed by atoms with Gasteiger partial charge >= 0.3 is 10.1 Å². The van der Waals surface area contributed by atoms with Crippen LogP contribution in [0.15, 0.2) is 47.4 Å². The van der Waals surface area contributed by atoms with E-state index in [9.17, 15) is 17.6 Å². The maximum atomic E-state index is 13.1. The van der Waals surface area contributed by atoms with Crippen molar-refractivity contribution in [2.45, 2.75) is 17.7 Å². The van der Waals surface area contributed by atoms with Crippen molar-refractivity contribution < 1.29 is 21.8 Å². The summed E-state index contributed by atoms with van der Waals surface area (Å²) in [4.78, 5) is 13.1. The Morgan fingerprint density at radius 2 is 1.83 bits per heavy atom. The largest absolute Gasteiger partial charge is 0.379 e. The van der Waals surface area contributed by atoms with E-state index < -0.39 is 15.9 Å². The van der Waals surface area contributed by atoms with Crippen molar-refractivity contribution in [1.29, 1.82) is 0 Å². The summed E-state index contributed by atoms with van der Waals surface area (Å²) in [5, 5.41) is -0.303. The first-order valence-electron chi connectivity index (χ1n) is 7.17. The third-order valence-corrected chi connectivity index (χ3v) is 5.14. The number of carbonyl (C=O) groups is 1. The van der Waals surface area contributed by atoms with Gasteiger partial charge in [-0.15, -0.1) is 0 Å². The molecule has 1 amide bonds. The minimum absolute atomic E-state index is 0.0391. The SMILES string of the molecule is O=C1CCCN1c1ccc(OS(=O)(=O)c2ccc(F)c(Cl)c2)cc1. The Balaban J connectivity index is 1.80. The Labute approximate surface area is 143 Å². The molecule has 3 rings (SSSR count). The predicted molar refractivity (Wildman–Crippen MR) is 87.3 cm³/mol. The molecule has 1 fully saturated rings. The second-order valence-corrected chi connectivity index (χ2v) is 7.21. The van der Waals surface area contributed by atoms with Gasteiger partial charge in [0, 0.05) is 18.7 Å². The molecule has 126 valence electrons. The summed E-state index contributed by atoms with van der Waals surface area (Å²) in [6.45, 7) is 0.644. The molecule has 0 radical (unpaired) electrons. The lowest BCUT2D eigenvalue weighted by Gasteiger charge is -2.16. The zero-order valence-electron chi connectivity index (χ0n) is 12.4. The molecular formula is C16H13ClFNO4S. The van der Waals surface area contributed by atoms with Gasteiger partial charge in [0.1, 0.15) is 16.5 Å². The van der Waals surface area contributed by atoms with Gasteiger partial charge in [-0.1, -0.05) is 11.6 Å². The van der Waals surface area contributed by atoms with E-state index in [-0.39, 0.29) is 21.6 Å². The van der Waals surface area contributed by atoms with Crippen molar-refractivity contribution in [1.82, 2.24) is 0 Å². The van der Waals surface area contributed by atoms with Crippen LogP contribution in [0.3, 0.4) is 0 Å². The van der Waals surface area contributed by atoms with Crippen LogP contribution in [0.25, 0.3) is 0 Å². The van der Waals surface area contributed by atoms with Crippen LogP contribution in [0.2, 0.25) is 5.02 Å². The van der Waals surface area contributed by atoms with E-state index >= 15 is 0 Å². The summed E-state index contributed by atoms with van der Waals surface area (Å²) in [5.41, 5.74) is 0.687. The molecule has 2 aromatic rings. The van der Waals surface area contributed by atoms with Crippen molar-refractivity contribution in [3.8, 4) is 5.75 Å². The number of hydrogen-bond donors (Lipinski definition) is 0. The summed E-state index contributed by atoms with van der Waals surface area (Å²) in [6, 6.07) is 9.18. The molecule has 0 aliphatic carbocycles. The fourth-order valence-corrected chi connectivity index (χ4v) is 3.61. The number of carbonyl (C=O) groups excluding carboxylic acids is 1. The summed E-state index contributed by atoms with van der Waals surface area (Å²) < 4.78 is 42.5. The van der Waals surface area contributed by atoms with Gasteiger partial charge in [0.15, 0.2) is 0 Å². The maximum Gasteiger partial charge on any atom is 0.339 e. The molecule has 5 nitrogen and oxygen atoms in total. The third kappa shape index (κ3) is 3.37. The molecule has 0 N–H and O–H groups in total. The van der Waals surface area contributed by atoms with E-state index in [1.807, 2.05) is 0 Å². The summed E-state index contributed by atoms with van der Waals surface area (Å²) in [6.07, 6.45) is 1.31. The Kier molecular flexibility index (Phi) is 4.47. The molecule has 1 heterocycles. The second kappa shape index (κ2) is 6.41. The minimum atomic E-state index is -4.13. The fraction of sp³-hybridized carbons (Fsp3) is 0.188. The molecule has 1 aliphatic heterocycles. The second-order valence-electron chi connectivity index (χ2n) is 5.26. The van der Waals surface area contributed by atoms with E-state index in [0.29, 0.717) is 18.7 Å². The number of rotatable bonds is 4. The summed E-state index contributed by atoms with van der Waals surface area (Å²) in [5.74, 6) is -0.585. The van der Waals surface area contributed by atoms with Crippen LogP contribution >= 0.6 is 11.6 Å². The molecule has 0 atom stereocenters. The zero-order chi connectivity index (χ0) is 17.3. The lowest BCUT2D eigenvalue weighted by molar-refractivity contribution is -0.117. The molecule has 1 saturated heterocycles.